The van der Waals surface area contributed by atoms with Crippen molar-refractivity contribution in [1.29, 1.82) is 0 Å². The minimum absolute atomic E-state index is 0.0822. The number of hydrogen-bond acceptors (Lipinski definition) is 7. The van der Waals surface area contributed by atoms with Crippen molar-refractivity contribution < 1.29 is 33.6 Å². The molecule has 0 aliphatic carbocycles. The van der Waals surface area contributed by atoms with Crippen LogP contribution < -0.4 is 0 Å². The lowest BCUT2D eigenvalue weighted by molar-refractivity contribution is -0.313. The van der Waals surface area contributed by atoms with Gasteiger partial charge >= 0.3 is 5.97 Å². The molecule has 190 valence electrons. The topological polar surface area (TPSA) is 83.5 Å². The van der Waals surface area contributed by atoms with Crippen LogP contribution in [0.25, 0.3) is 0 Å². The second-order valence-electron chi connectivity index (χ2n) is 8.73. The summed E-state index contributed by atoms with van der Waals surface area (Å²) in [6.45, 7) is 1.02. The fraction of sp³-hybridized carbons (Fsp3) is 0.345. The summed E-state index contributed by atoms with van der Waals surface area (Å²) in [5.41, 5.74) is 2.94. The van der Waals surface area contributed by atoms with Crippen LogP contribution in [0.5, 0.6) is 0 Å². The quantitative estimate of drug-likeness (QED) is 0.405. The van der Waals surface area contributed by atoms with Gasteiger partial charge in [-0.15, -0.1) is 0 Å². The molecule has 4 atom stereocenters. The summed E-state index contributed by atoms with van der Waals surface area (Å²) < 4.78 is 29.2. The second kappa shape index (κ2) is 12.8. The van der Waals surface area contributed by atoms with Crippen LogP contribution in [0.1, 0.15) is 23.1 Å². The first kappa shape index (κ1) is 26.0. The number of hydrogen-bond donors (Lipinski definition) is 1. The number of carbonyl (C=O) groups excluding carboxylic acids is 1. The van der Waals surface area contributed by atoms with Gasteiger partial charge in [0.25, 0.3) is 5.79 Å². The van der Waals surface area contributed by atoms with Gasteiger partial charge in [-0.25, -0.2) is 4.79 Å². The highest BCUT2D eigenvalue weighted by atomic mass is 16.7. The fourth-order valence-electron chi connectivity index (χ4n) is 4.19. The van der Waals surface area contributed by atoms with Gasteiger partial charge < -0.3 is 28.8 Å². The van der Waals surface area contributed by atoms with E-state index in [0.717, 1.165) is 16.7 Å². The molecule has 1 N–H and O–H groups in total. The number of carbonyl (C=O) groups is 1. The zero-order valence-corrected chi connectivity index (χ0v) is 20.3. The Labute approximate surface area is 211 Å². The molecule has 7 nitrogen and oxygen atoms in total. The van der Waals surface area contributed by atoms with Crippen LogP contribution in [-0.2, 0) is 48.3 Å². The third-order valence-corrected chi connectivity index (χ3v) is 6.05. The van der Waals surface area contributed by atoms with Gasteiger partial charge in [0.15, 0.2) is 0 Å². The Balaban J connectivity index is 1.53. The number of benzene rings is 3. The zero-order chi connectivity index (χ0) is 25.2. The first-order valence-electron chi connectivity index (χ1n) is 12.0. The van der Waals surface area contributed by atoms with Crippen molar-refractivity contribution in [3.8, 4) is 0 Å². The summed E-state index contributed by atoms with van der Waals surface area (Å²) >= 11 is 0. The highest BCUT2D eigenvalue weighted by Gasteiger charge is 2.53. The van der Waals surface area contributed by atoms with E-state index in [1.165, 1.54) is 7.11 Å². The summed E-state index contributed by atoms with van der Waals surface area (Å²) in [6, 6.07) is 29.2. The molecule has 0 saturated carbocycles. The van der Waals surface area contributed by atoms with Crippen molar-refractivity contribution >= 4 is 5.97 Å². The van der Waals surface area contributed by atoms with Crippen molar-refractivity contribution in [2.75, 3.05) is 13.7 Å². The molecule has 1 fully saturated rings. The van der Waals surface area contributed by atoms with E-state index in [2.05, 4.69) is 0 Å². The van der Waals surface area contributed by atoms with Gasteiger partial charge in [-0.3, -0.25) is 0 Å². The lowest BCUT2D eigenvalue weighted by Crippen LogP contribution is -2.60. The van der Waals surface area contributed by atoms with Crippen LogP contribution in [0.15, 0.2) is 91.0 Å². The first-order valence-corrected chi connectivity index (χ1v) is 12.0. The predicted molar refractivity (Wildman–Crippen MR) is 133 cm³/mol. The zero-order valence-electron chi connectivity index (χ0n) is 20.3. The van der Waals surface area contributed by atoms with E-state index in [1.54, 1.807) is 0 Å². The molecule has 0 bridgehead atoms. The molecule has 36 heavy (non-hydrogen) atoms. The van der Waals surface area contributed by atoms with E-state index in [9.17, 15) is 9.90 Å². The van der Waals surface area contributed by atoms with Crippen LogP contribution in [0, 0.1) is 0 Å². The van der Waals surface area contributed by atoms with Crippen molar-refractivity contribution in [1.82, 2.24) is 0 Å². The van der Waals surface area contributed by atoms with E-state index in [1.807, 2.05) is 91.0 Å². The molecule has 3 aromatic carbocycles. The molecular formula is C29H32O7. The average molecular weight is 493 g/mol. The Bertz CT molecular complexity index is 1060. The fourth-order valence-corrected chi connectivity index (χ4v) is 4.19. The minimum Gasteiger partial charge on any atom is -0.465 e. The van der Waals surface area contributed by atoms with Crippen molar-refractivity contribution in [3.05, 3.63) is 108 Å². The molecule has 1 aliphatic heterocycles. The molecule has 1 aliphatic rings. The standard InChI is InChI=1S/C29H32O7/c1-32-28(30)29(31)17-25(34-19-23-13-7-3-8-14-23)27(35-20-24-15-9-4-10-16-24)26(36-29)21-33-18-22-11-5-2-6-12-22/h2-16,25-27,31H,17-21H2,1H3/t25-,26-,27+,29?/m1/s1. The molecule has 0 amide bonds. The van der Waals surface area contributed by atoms with Crippen LogP contribution in [0.3, 0.4) is 0 Å². The number of esters is 1. The molecule has 0 spiro atoms. The van der Waals surface area contributed by atoms with Crippen LogP contribution in [0.4, 0.5) is 0 Å². The Morgan fingerprint density at radius 2 is 1.33 bits per heavy atom. The lowest BCUT2D eigenvalue weighted by Gasteiger charge is -2.44. The molecule has 0 radical (unpaired) electrons. The van der Waals surface area contributed by atoms with E-state index in [0.29, 0.717) is 13.2 Å². The minimum atomic E-state index is -2.18. The third kappa shape index (κ3) is 7.00. The van der Waals surface area contributed by atoms with Crippen molar-refractivity contribution in [2.45, 2.75) is 50.3 Å². The maximum absolute atomic E-state index is 12.5. The van der Waals surface area contributed by atoms with Gasteiger partial charge in [-0.2, -0.15) is 0 Å². The molecule has 1 saturated heterocycles. The van der Waals surface area contributed by atoms with Gasteiger partial charge in [0.1, 0.15) is 12.2 Å². The maximum atomic E-state index is 12.5. The highest BCUT2D eigenvalue weighted by Crippen LogP contribution is 2.33. The highest BCUT2D eigenvalue weighted by molar-refractivity contribution is 5.77. The molecule has 4 rings (SSSR count). The predicted octanol–water partition coefficient (Wildman–Crippen LogP) is 4.02. The Kier molecular flexibility index (Phi) is 9.22. The third-order valence-electron chi connectivity index (χ3n) is 6.05. The summed E-state index contributed by atoms with van der Waals surface area (Å²) in [5.74, 6) is -3.06. The Morgan fingerprint density at radius 3 is 1.86 bits per heavy atom. The van der Waals surface area contributed by atoms with Crippen LogP contribution in [0.2, 0.25) is 0 Å². The number of rotatable bonds is 11. The molecule has 1 unspecified atom stereocenters. The first-order chi connectivity index (χ1) is 17.6. The smallest absolute Gasteiger partial charge is 0.366 e. The van der Waals surface area contributed by atoms with E-state index >= 15 is 0 Å². The van der Waals surface area contributed by atoms with Crippen molar-refractivity contribution in [3.63, 3.8) is 0 Å². The SMILES string of the molecule is COC(=O)C1(O)C[C@@H](OCc2ccccc2)[C@H](OCc2ccccc2)[C@@H](COCc2ccccc2)O1. The normalized spacial score (nSPS) is 23.8. The maximum Gasteiger partial charge on any atom is 0.366 e. The number of methoxy groups -OCH3 is 1. The average Bonchev–Trinajstić information content (AvgIpc) is 2.92. The molecule has 7 heteroatoms. The monoisotopic (exact) mass is 492 g/mol. The van der Waals surface area contributed by atoms with Crippen molar-refractivity contribution in [2.24, 2.45) is 0 Å². The Hall–Kier alpha value is -3.07. The lowest BCUT2D eigenvalue weighted by atomic mass is 9.95. The summed E-state index contributed by atoms with van der Waals surface area (Å²) in [4.78, 5) is 12.5. The summed E-state index contributed by atoms with van der Waals surface area (Å²) in [7, 11) is 1.21. The van der Waals surface area contributed by atoms with E-state index in [-0.39, 0.29) is 19.6 Å². The summed E-state index contributed by atoms with van der Waals surface area (Å²) in [6.07, 6.45) is -2.18. The van der Waals surface area contributed by atoms with Gasteiger partial charge in [0.2, 0.25) is 0 Å². The Morgan fingerprint density at radius 1 is 0.833 bits per heavy atom. The largest absolute Gasteiger partial charge is 0.465 e. The van der Waals surface area contributed by atoms with Crippen LogP contribution in [-0.4, -0.2) is 48.9 Å². The molecule has 0 aromatic heterocycles. The number of aliphatic hydroxyl groups is 1. The van der Waals surface area contributed by atoms with E-state index < -0.39 is 30.1 Å². The second-order valence-corrected chi connectivity index (χ2v) is 8.73. The van der Waals surface area contributed by atoms with Crippen LogP contribution >= 0.6 is 0 Å². The molecule has 3 aromatic rings. The van der Waals surface area contributed by atoms with E-state index in [4.69, 9.17) is 23.7 Å². The summed E-state index contributed by atoms with van der Waals surface area (Å²) in [5, 5.41) is 11.1. The van der Waals surface area contributed by atoms with Gasteiger partial charge in [0, 0.05) is 6.42 Å². The van der Waals surface area contributed by atoms with Gasteiger partial charge in [-0.1, -0.05) is 91.0 Å². The van der Waals surface area contributed by atoms with Gasteiger partial charge in [0.05, 0.1) is 39.6 Å². The molecular weight excluding hydrogens is 460 g/mol. The van der Waals surface area contributed by atoms with Gasteiger partial charge in [-0.05, 0) is 16.7 Å². The number of ether oxygens (including phenoxy) is 5. The molecule has 1 heterocycles.